The Morgan fingerprint density at radius 1 is 0.377 bits per heavy atom. The van der Waals surface area contributed by atoms with Crippen LogP contribution in [0.1, 0.15) is 291 Å². The molecule has 0 saturated heterocycles. The lowest BCUT2D eigenvalue weighted by Crippen LogP contribution is -2.31. The van der Waals surface area contributed by atoms with Crippen LogP contribution in [0.4, 0.5) is 0 Å². The van der Waals surface area contributed by atoms with Gasteiger partial charge < -0.3 is 29.0 Å². The average Bonchev–Trinajstić information content (AvgIpc) is 3.34. The minimum absolute atomic E-state index is 0.00542. The van der Waals surface area contributed by atoms with E-state index in [2.05, 4.69) is 32.6 Å². The molecule has 2 aliphatic carbocycles. The molecule has 0 aromatic carbocycles. The number of aliphatic hydroxyl groups is 1. The predicted molar refractivity (Wildman–Crippen MR) is 282 cm³/mol. The molecule has 69 heavy (non-hydrogen) atoms. The van der Waals surface area contributed by atoms with Crippen molar-refractivity contribution in [2.75, 3.05) is 26.2 Å². The van der Waals surface area contributed by atoms with Gasteiger partial charge in [-0.25, -0.2) is 0 Å². The maximum atomic E-state index is 13.3. The van der Waals surface area contributed by atoms with Crippen LogP contribution in [0, 0.1) is 11.8 Å². The van der Waals surface area contributed by atoms with Gasteiger partial charge in [-0.3, -0.25) is 19.2 Å². The van der Waals surface area contributed by atoms with Crippen LogP contribution in [0.2, 0.25) is 0 Å². The maximum absolute atomic E-state index is 13.3. The highest BCUT2D eigenvalue weighted by Gasteiger charge is 2.30. The van der Waals surface area contributed by atoms with Crippen LogP contribution in [0.3, 0.4) is 0 Å². The Morgan fingerprint density at radius 2 is 0.652 bits per heavy atom. The van der Waals surface area contributed by atoms with Crippen LogP contribution in [0.5, 0.6) is 0 Å². The van der Waals surface area contributed by atoms with E-state index in [0.29, 0.717) is 12.8 Å². The maximum Gasteiger partial charge on any atom is 0.309 e. The summed E-state index contributed by atoms with van der Waals surface area (Å²) < 4.78 is 23.9. The van der Waals surface area contributed by atoms with Gasteiger partial charge in [0.1, 0.15) is 24.4 Å². The molecule has 0 spiro atoms. The summed E-state index contributed by atoms with van der Waals surface area (Å²) in [6.45, 7) is 11.8. The number of carbonyl (C=O) groups is 4. The number of rotatable bonds is 45. The summed E-state index contributed by atoms with van der Waals surface area (Å²) in [5.41, 5.74) is 0. The van der Waals surface area contributed by atoms with Crippen molar-refractivity contribution in [2.24, 2.45) is 11.8 Å². The van der Waals surface area contributed by atoms with Crippen molar-refractivity contribution in [3.05, 3.63) is 0 Å². The third kappa shape index (κ3) is 33.2. The van der Waals surface area contributed by atoms with Crippen molar-refractivity contribution in [2.45, 2.75) is 315 Å². The second-order valence-electron chi connectivity index (χ2n) is 21.4. The number of aliphatic hydroxyl groups excluding tert-OH is 1. The van der Waals surface area contributed by atoms with Gasteiger partial charge in [-0.05, 0) is 122 Å². The first-order valence-corrected chi connectivity index (χ1v) is 29.9. The first-order valence-electron chi connectivity index (χ1n) is 29.9. The SMILES string of the molecule is CCCCCCCCC(CCCCCC)C(=O)OC1CCC(OC(=O)CCCCCN(CCCO)CCCCCC(=O)OC2CCC(OC(=O)C(CCCCCC)CCCCCCCC)CC2)CC1. The fourth-order valence-electron chi connectivity index (χ4n) is 10.5. The molecule has 2 atom stereocenters. The minimum Gasteiger partial charge on any atom is -0.462 e. The van der Waals surface area contributed by atoms with E-state index in [1.807, 2.05) is 0 Å². The summed E-state index contributed by atoms with van der Waals surface area (Å²) in [6, 6.07) is 0. The molecule has 0 aromatic rings. The van der Waals surface area contributed by atoms with Gasteiger partial charge >= 0.3 is 23.9 Å². The Morgan fingerprint density at radius 3 is 0.986 bits per heavy atom. The number of unbranched alkanes of at least 4 members (excludes halogenated alkanes) is 20. The standard InChI is InChI=1S/C59H109NO9/c1-5-9-13-17-19-25-34-50(32-23-15-11-7-3)58(64)68-54-42-38-52(39-43-54)66-56(62)36-27-21-29-46-60(48-31-49-61)47-30-22-28-37-57(63)67-53-40-44-55(45-41-53)69-59(65)51(33-24-16-12-8-4)35-26-20-18-14-10-6-2/h50-55,61H,5-49H2,1-4H3. The number of ether oxygens (including phenoxy) is 4. The summed E-state index contributed by atoms with van der Waals surface area (Å²) in [5.74, 6) is -0.232. The Labute approximate surface area is 424 Å². The smallest absolute Gasteiger partial charge is 0.309 e. The number of esters is 4. The molecular formula is C59H109NO9. The second-order valence-corrected chi connectivity index (χ2v) is 21.4. The third-order valence-corrected chi connectivity index (χ3v) is 15.0. The molecule has 10 heteroatoms. The summed E-state index contributed by atoms with van der Waals surface area (Å²) in [4.78, 5) is 54.5. The van der Waals surface area contributed by atoms with Gasteiger partial charge in [-0.1, -0.05) is 169 Å². The van der Waals surface area contributed by atoms with E-state index < -0.39 is 0 Å². The third-order valence-electron chi connectivity index (χ3n) is 15.0. The van der Waals surface area contributed by atoms with Gasteiger partial charge in [0.2, 0.25) is 0 Å². The number of carbonyl (C=O) groups excluding carboxylic acids is 4. The van der Waals surface area contributed by atoms with E-state index >= 15 is 0 Å². The van der Waals surface area contributed by atoms with E-state index in [-0.39, 0.29) is 66.7 Å². The van der Waals surface area contributed by atoms with Gasteiger partial charge in [-0.15, -0.1) is 0 Å². The summed E-state index contributed by atoms with van der Waals surface area (Å²) in [5, 5.41) is 9.50. The van der Waals surface area contributed by atoms with Crippen molar-refractivity contribution >= 4 is 23.9 Å². The van der Waals surface area contributed by atoms with E-state index in [4.69, 9.17) is 18.9 Å². The Balaban J connectivity index is 1.58. The quantitative estimate of drug-likeness (QED) is 0.0358. The lowest BCUT2D eigenvalue weighted by Gasteiger charge is -2.29. The zero-order valence-electron chi connectivity index (χ0n) is 45.4. The van der Waals surface area contributed by atoms with E-state index in [1.165, 1.54) is 103 Å². The van der Waals surface area contributed by atoms with Crippen molar-refractivity contribution < 1.29 is 43.2 Å². The second kappa shape index (κ2) is 43.4. The number of hydrogen-bond donors (Lipinski definition) is 1. The highest BCUT2D eigenvalue weighted by atomic mass is 16.6. The molecule has 1 N–H and O–H groups in total. The predicted octanol–water partition coefficient (Wildman–Crippen LogP) is 15.3. The zero-order chi connectivity index (χ0) is 50.0. The monoisotopic (exact) mass is 976 g/mol. The van der Waals surface area contributed by atoms with Gasteiger partial charge in [0.25, 0.3) is 0 Å². The van der Waals surface area contributed by atoms with Crippen molar-refractivity contribution in [3.8, 4) is 0 Å². The van der Waals surface area contributed by atoms with Gasteiger partial charge in [0, 0.05) is 26.0 Å². The molecule has 404 valence electrons. The van der Waals surface area contributed by atoms with Crippen molar-refractivity contribution in [3.63, 3.8) is 0 Å². The molecule has 2 saturated carbocycles. The first-order chi connectivity index (χ1) is 33.7. The summed E-state index contributed by atoms with van der Waals surface area (Å²) in [6.07, 6.45) is 40.7. The molecule has 10 nitrogen and oxygen atoms in total. The highest BCUT2D eigenvalue weighted by Crippen LogP contribution is 2.29. The van der Waals surface area contributed by atoms with Crippen LogP contribution in [0.15, 0.2) is 0 Å². The van der Waals surface area contributed by atoms with E-state index in [9.17, 15) is 24.3 Å². The van der Waals surface area contributed by atoms with Crippen LogP contribution in [0.25, 0.3) is 0 Å². The summed E-state index contributed by atoms with van der Waals surface area (Å²) in [7, 11) is 0. The molecular weight excluding hydrogens is 867 g/mol. The van der Waals surface area contributed by atoms with Gasteiger partial charge in [-0.2, -0.15) is 0 Å². The van der Waals surface area contributed by atoms with Crippen LogP contribution < -0.4 is 0 Å². The minimum atomic E-state index is -0.124. The van der Waals surface area contributed by atoms with E-state index in [1.54, 1.807) is 0 Å². The topological polar surface area (TPSA) is 129 Å². The number of nitrogens with zero attached hydrogens (tertiary/aromatic N) is 1. The fourth-order valence-corrected chi connectivity index (χ4v) is 10.5. The Bertz CT molecular complexity index is 1160. The largest absolute Gasteiger partial charge is 0.462 e. The van der Waals surface area contributed by atoms with Crippen molar-refractivity contribution in [1.29, 1.82) is 0 Å². The Kier molecular flexibility index (Phi) is 39.6. The van der Waals surface area contributed by atoms with Crippen LogP contribution in [-0.2, 0) is 38.1 Å². The molecule has 2 rings (SSSR count). The lowest BCUT2D eigenvalue weighted by molar-refractivity contribution is -0.161. The summed E-state index contributed by atoms with van der Waals surface area (Å²) >= 11 is 0. The average molecular weight is 977 g/mol. The normalized spacial score (nSPS) is 19.3. The molecule has 2 fully saturated rings. The molecule has 0 aromatic heterocycles. The number of hydrogen-bond acceptors (Lipinski definition) is 10. The zero-order valence-corrected chi connectivity index (χ0v) is 45.4. The molecule has 0 heterocycles. The highest BCUT2D eigenvalue weighted by molar-refractivity contribution is 5.73. The molecule has 0 bridgehead atoms. The molecule has 0 aliphatic heterocycles. The Hall–Kier alpha value is -2.20. The molecule has 0 radical (unpaired) electrons. The molecule has 2 aliphatic rings. The van der Waals surface area contributed by atoms with Crippen molar-refractivity contribution in [1.82, 2.24) is 4.90 Å². The molecule has 0 amide bonds. The fraction of sp³-hybridized carbons (Fsp3) is 0.932. The van der Waals surface area contributed by atoms with E-state index in [0.717, 1.165) is 167 Å². The molecule has 2 unspecified atom stereocenters. The van der Waals surface area contributed by atoms with Crippen LogP contribution >= 0.6 is 0 Å². The van der Waals surface area contributed by atoms with Crippen LogP contribution in [-0.4, -0.2) is 84.5 Å². The lowest BCUT2D eigenvalue weighted by atomic mass is 9.93. The van der Waals surface area contributed by atoms with Gasteiger partial charge in [0.15, 0.2) is 0 Å². The van der Waals surface area contributed by atoms with Gasteiger partial charge in [0.05, 0.1) is 11.8 Å². The first kappa shape index (κ1) is 62.9.